The van der Waals surface area contributed by atoms with Gasteiger partial charge in [0, 0.05) is 0 Å². The molecule has 1 aliphatic heterocycles. The van der Waals surface area contributed by atoms with E-state index in [1.165, 1.54) is 0 Å². The van der Waals surface area contributed by atoms with Crippen molar-refractivity contribution in [3.8, 4) is 11.5 Å². The number of hydrogen-bond acceptors (Lipinski definition) is 4. The van der Waals surface area contributed by atoms with Crippen molar-refractivity contribution in [2.75, 3.05) is 26.4 Å². The zero-order valence-corrected chi connectivity index (χ0v) is 10.1. The Morgan fingerprint density at radius 1 is 1.21 bits per heavy atom. The van der Waals surface area contributed by atoms with Crippen LogP contribution < -0.4 is 15.2 Å². The molecule has 0 saturated heterocycles. The van der Waals surface area contributed by atoms with E-state index in [4.69, 9.17) is 15.2 Å². The number of alkyl halides is 3. The molecule has 0 fully saturated rings. The maximum Gasteiger partial charge on any atom is 0.411 e. The lowest BCUT2D eigenvalue weighted by Crippen LogP contribution is -2.23. The van der Waals surface area contributed by atoms with Crippen LogP contribution in [0.5, 0.6) is 11.5 Å². The van der Waals surface area contributed by atoms with E-state index in [1.54, 1.807) is 18.2 Å². The van der Waals surface area contributed by atoms with Crippen molar-refractivity contribution in [3.05, 3.63) is 23.8 Å². The number of halogens is 3. The minimum Gasteiger partial charge on any atom is -0.486 e. The second-order valence-electron chi connectivity index (χ2n) is 4.14. The van der Waals surface area contributed by atoms with E-state index in [9.17, 15) is 13.2 Å². The maximum absolute atomic E-state index is 11.9. The molecule has 1 aliphatic rings. The highest BCUT2D eigenvalue weighted by atomic mass is 19.4. The van der Waals surface area contributed by atoms with Crippen molar-refractivity contribution >= 4 is 0 Å². The lowest BCUT2D eigenvalue weighted by atomic mass is 10.1. The van der Waals surface area contributed by atoms with E-state index >= 15 is 0 Å². The summed E-state index contributed by atoms with van der Waals surface area (Å²) in [5.74, 6) is 1.16. The van der Waals surface area contributed by atoms with Crippen LogP contribution in [0.3, 0.4) is 0 Å². The molecule has 0 bridgehead atoms. The standard InChI is InChI=1S/C12H14F3NO3/c13-12(14,15)7-17-6-9(16)8-1-2-10-11(5-8)19-4-3-18-10/h1-2,5,9H,3-4,6-7,16H2. The molecule has 0 amide bonds. The average Bonchev–Trinajstić information content (AvgIpc) is 2.36. The molecule has 0 aliphatic carbocycles. The summed E-state index contributed by atoms with van der Waals surface area (Å²) >= 11 is 0. The monoisotopic (exact) mass is 277 g/mol. The van der Waals surface area contributed by atoms with E-state index in [0.29, 0.717) is 30.3 Å². The topological polar surface area (TPSA) is 53.7 Å². The van der Waals surface area contributed by atoms with Gasteiger partial charge in [-0.15, -0.1) is 0 Å². The Balaban J connectivity index is 1.94. The SMILES string of the molecule is NC(COCC(F)(F)F)c1ccc2c(c1)OCCO2. The third kappa shape index (κ3) is 4.00. The van der Waals surface area contributed by atoms with Crippen molar-refractivity contribution in [3.63, 3.8) is 0 Å². The molecule has 1 aromatic rings. The number of nitrogens with two attached hydrogens (primary N) is 1. The highest BCUT2D eigenvalue weighted by Gasteiger charge is 2.27. The van der Waals surface area contributed by atoms with Gasteiger partial charge in [0.2, 0.25) is 0 Å². The molecular formula is C12H14F3NO3. The normalized spacial score (nSPS) is 16.2. The van der Waals surface area contributed by atoms with Crippen molar-refractivity contribution in [2.45, 2.75) is 12.2 Å². The van der Waals surface area contributed by atoms with E-state index in [2.05, 4.69) is 4.74 Å². The molecule has 7 heteroatoms. The molecular weight excluding hydrogens is 263 g/mol. The molecule has 1 aromatic carbocycles. The Kier molecular flexibility index (Phi) is 4.16. The Morgan fingerprint density at radius 2 is 1.89 bits per heavy atom. The molecule has 0 spiro atoms. The van der Waals surface area contributed by atoms with E-state index in [-0.39, 0.29) is 6.61 Å². The van der Waals surface area contributed by atoms with Gasteiger partial charge in [0.15, 0.2) is 11.5 Å². The van der Waals surface area contributed by atoms with Crippen molar-refractivity contribution in [1.82, 2.24) is 0 Å². The number of hydrogen-bond donors (Lipinski definition) is 1. The molecule has 1 unspecified atom stereocenters. The average molecular weight is 277 g/mol. The van der Waals surface area contributed by atoms with Crippen LogP contribution >= 0.6 is 0 Å². The summed E-state index contributed by atoms with van der Waals surface area (Å²) < 4.78 is 51.0. The number of ether oxygens (including phenoxy) is 3. The summed E-state index contributed by atoms with van der Waals surface area (Å²) in [7, 11) is 0. The number of benzene rings is 1. The van der Waals surface area contributed by atoms with Crippen LogP contribution in [0.1, 0.15) is 11.6 Å². The van der Waals surface area contributed by atoms with Gasteiger partial charge in [-0.3, -0.25) is 0 Å². The first kappa shape index (κ1) is 14.0. The highest BCUT2D eigenvalue weighted by molar-refractivity contribution is 5.44. The minimum atomic E-state index is -4.34. The summed E-state index contributed by atoms with van der Waals surface area (Å²) in [6.45, 7) is -0.590. The lowest BCUT2D eigenvalue weighted by molar-refractivity contribution is -0.174. The summed E-state index contributed by atoms with van der Waals surface area (Å²) in [5, 5.41) is 0. The molecule has 2 rings (SSSR count). The fourth-order valence-electron chi connectivity index (χ4n) is 1.69. The van der Waals surface area contributed by atoms with Gasteiger partial charge >= 0.3 is 6.18 Å². The van der Waals surface area contributed by atoms with Gasteiger partial charge < -0.3 is 19.9 Å². The summed E-state index contributed by atoms with van der Waals surface area (Å²) in [6.07, 6.45) is -4.34. The van der Waals surface area contributed by atoms with Gasteiger partial charge in [-0.25, -0.2) is 0 Å². The Morgan fingerprint density at radius 3 is 2.58 bits per heavy atom. The molecule has 4 nitrogen and oxygen atoms in total. The zero-order chi connectivity index (χ0) is 13.9. The predicted octanol–water partition coefficient (Wildman–Crippen LogP) is 2.04. The fraction of sp³-hybridized carbons (Fsp3) is 0.500. The second-order valence-corrected chi connectivity index (χ2v) is 4.14. The molecule has 106 valence electrons. The lowest BCUT2D eigenvalue weighted by Gasteiger charge is -2.20. The largest absolute Gasteiger partial charge is 0.486 e. The first-order chi connectivity index (χ1) is 8.96. The van der Waals surface area contributed by atoms with Gasteiger partial charge in [-0.05, 0) is 17.7 Å². The van der Waals surface area contributed by atoms with Crippen LogP contribution in [0.2, 0.25) is 0 Å². The van der Waals surface area contributed by atoms with Crippen LogP contribution in [0.25, 0.3) is 0 Å². The Hall–Kier alpha value is -1.47. The van der Waals surface area contributed by atoms with Crippen LogP contribution in [0, 0.1) is 0 Å². The van der Waals surface area contributed by atoms with Gasteiger partial charge in [0.1, 0.15) is 19.8 Å². The van der Waals surface area contributed by atoms with Gasteiger partial charge in [-0.2, -0.15) is 13.2 Å². The third-order valence-corrected chi connectivity index (χ3v) is 2.56. The zero-order valence-electron chi connectivity index (χ0n) is 10.1. The molecule has 19 heavy (non-hydrogen) atoms. The van der Waals surface area contributed by atoms with Gasteiger partial charge in [-0.1, -0.05) is 6.07 Å². The van der Waals surface area contributed by atoms with Crippen LogP contribution in [0.4, 0.5) is 13.2 Å². The van der Waals surface area contributed by atoms with E-state index in [1.807, 2.05) is 0 Å². The molecule has 0 radical (unpaired) electrons. The Bertz CT molecular complexity index is 437. The highest BCUT2D eigenvalue weighted by Crippen LogP contribution is 2.32. The molecule has 2 N–H and O–H groups in total. The molecule has 1 atom stereocenters. The quantitative estimate of drug-likeness (QED) is 0.915. The second kappa shape index (κ2) is 5.66. The minimum absolute atomic E-state index is 0.209. The summed E-state index contributed by atoms with van der Waals surface area (Å²) in [6, 6.07) is 4.40. The fourth-order valence-corrected chi connectivity index (χ4v) is 1.69. The van der Waals surface area contributed by atoms with Crippen LogP contribution in [0.15, 0.2) is 18.2 Å². The van der Waals surface area contributed by atoms with E-state index in [0.717, 1.165) is 0 Å². The first-order valence-electron chi connectivity index (χ1n) is 5.75. The van der Waals surface area contributed by atoms with Crippen molar-refractivity contribution in [1.29, 1.82) is 0 Å². The van der Waals surface area contributed by atoms with Gasteiger partial charge in [0.25, 0.3) is 0 Å². The maximum atomic E-state index is 11.9. The van der Waals surface area contributed by atoms with Crippen LogP contribution in [-0.2, 0) is 4.74 Å². The predicted molar refractivity (Wildman–Crippen MR) is 61.2 cm³/mol. The summed E-state index contributed by atoms with van der Waals surface area (Å²) in [4.78, 5) is 0. The smallest absolute Gasteiger partial charge is 0.411 e. The van der Waals surface area contributed by atoms with E-state index < -0.39 is 18.8 Å². The van der Waals surface area contributed by atoms with Crippen molar-refractivity contribution in [2.24, 2.45) is 5.73 Å². The first-order valence-corrected chi connectivity index (χ1v) is 5.75. The third-order valence-electron chi connectivity index (χ3n) is 2.56. The Labute approximate surface area is 108 Å². The van der Waals surface area contributed by atoms with Gasteiger partial charge in [0.05, 0.1) is 12.6 Å². The van der Waals surface area contributed by atoms with Crippen molar-refractivity contribution < 1.29 is 27.4 Å². The molecule has 0 saturated carbocycles. The number of rotatable bonds is 4. The molecule has 1 heterocycles. The molecule has 0 aromatic heterocycles. The van der Waals surface area contributed by atoms with Crippen LogP contribution in [-0.4, -0.2) is 32.6 Å². The summed E-state index contributed by atoms with van der Waals surface area (Å²) in [5.41, 5.74) is 6.41. The number of fused-ring (bicyclic) bond motifs is 1.